The lowest BCUT2D eigenvalue weighted by molar-refractivity contribution is -0.160. The van der Waals surface area contributed by atoms with E-state index in [-0.39, 0.29) is 23.6 Å². The first kappa shape index (κ1) is 15.6. The fraction of sp³-hybridized carbons (Fsp3) is 0.312. The van der Waals surface area contributed by atoms with Crippen LogP contribution in [0.25, 0.3) is 0 Å². The average molecular weight is 332 g/mol. The summed E-state index contributed by atoms with van der Waals surface area (Å²) in [6.07, 6.45) is 0.192. The minimum atomic E-state index is -1.08. The molecule has 1 aromatic rings. The van der Waals surface area contributed by atoms with Gasteiger partial charge < -0.3 is 15.3 Å². The number of rotatable bonds is 4. The number of nitrogens with one attached hydrogen (secondary N) is 1. The highest BCUT2D eigenvalue weighted by Gasteiger charge is 2.56. The van der Waals surface area contributed by atoms with Gasteiger partial charge in [0, 0.05) is 5.75 Å². The molecule has 6 nitrogen and oxygen atoms in total. The molecule has 2 saturated heterocycles. The van der Waals surface area contributed by atoms with Gasteiger partial charge in [0.2, 0.25) is 11.8 Å². The highest BCUT2D eigenvalue weighted by Crippen LogP contribution is 2.39. The fourth-order valence-electron chi connectivity index (χ4n) is 2.84. The standard InChI is InChI=1S/C16H16N2O4S/c1-9-8-23-15-12(14(20)18(15)13(9)16(21)22)17-11(19)7-10-5-3-2-4-6-10/h2-6,12-13,15H,1,7-8H2,(H,17,19)(H,21,22)/t12?,13?,15-/m1/s1. The Balaban J connectivity index is 1.65. The molecule has 0 spiro atoms. The largest absolute Gasteiger partial charge is 0.479 e. The van der Waals surface area contributed by atoms with Crippen molar-refractivity contribution in [1.82, 2.24) is 10.2 Å². The minimum Gasteiger partial charge on any atom is -0.479 e. The van der Waals surface area contributed by atoms with Gasteiger partial charge in [0.25, 0.3) is 0 Å². The van der Waals surface area contributed by atoms with Crippen LogP contribution in [0.4, 0.5) is 0 Å². The number of hydrogen-bond donors (Lipinski definition) is 2. The number of carbonyl (C=O) groups excluding carboxylic acids is 2. The quantitative estimate of drug-likeness (QED) is 0.624. The Morgan fingerprint density at radius 1 is 1.35 bits per heavy atom. The maximum Gasteiger partial charge on any atom is 0.330 e. The zero-order valence-electron chi connectivity index (χ0n) is 12.3. The van der Waals surface area contributed by atoms with Gasteiger partial charge in [-0.3, -0.25) is 9.59 Å². The summed E-state index contributed by atoms with van der Waals surface area (Å²) in [5.41, 5.74) is 1.36. The smallest absolute Gasteiger partial charge is 0.330 e. The summed E-state index contributed by atoms with van der Waals surface area (Å²) in [5, 5.41) is 11.6. The summed E-state index contributed by atoms with van der Waals surface area (Å²) in [4.78, 5) is 36.9. The predicted octanol–water partition coefficient (Wildman–Crippen LogP) is 0.638. The Morgan fingerprint density at radius 3 is 2.70 bits per heavy atom. The van der Waals surface area contributed by atoms with Crippen molar-refractivity contribution in [2.24, 2.45) is 0 Å². The van der Waals surface area contributed by atoms with Crippen molar-refractivity contribution in [2.75, 3.05) is 5.75 Å². The summed E-state index contributed by atoms with van der Waals surface area (Å²) in [7, 11) is 0. The Bertz CT molecular complexity index is 676. The van der Waals surface area contributed by atoms with Crippen molar-refractivity contribution < 1.29 is 19.5 Å². The molecule has 2 unspecified atom stereocenters. The maximum absolute atomic E-state index is 12.2. The van der Waals surface area contributed by atoms with Crippen LogP contribution in [0, 0.1) is 0 Å². The molecule has 2 fully saturated rings. The molecule has 2 heterocycles. The number of carboxylic acids is 1. The molecule has 3 atom stereocenters. The molecule has 0 aliphatic carbocycles. The van der Waals surface area contributed by atoms with Crippen molar-refractivity contribution in [2.45, 2.75) is 23.9 Å². The van der Waals surface area contributed by atoms with Gasteiger partial charge in [-0.15, -0.1) is 11.8 Å². The topological polar surface area (TPSA) is 86.7 Å². The van der Waals surface area contributed by atoms with Crippen LogP contribution >= 0.6 is 11.8 Å². The molecule has 2 N–H and O–H groups in total. The van der Waals surface area contributed by atoms with E-state index in [1.165, 1.54) is 16.7 Å². The lowest BCUT2D eigenvalue weighted by atomic mass is 9.98. The highest BCUT2D eigenvalue weighted by molar-refractivity contribution is 8.00. The van der Waals surface area contributed by atoms with Gasteiger partial charge in [-0.1, -0.05) is 36.9 Å². The molecule has 120 valence electrons. The van der Waals surface area contributed by atoms with Gasteiger partial charge in [-0.2, -0.15) is 0 Å². The van der Waals surface area contributed by atoms with Crippen LogP contribution in [0.5, 0.6) is 0 Å². The summed E-state index contributed by atoms with van der Waals surface area (Å²) in [5.74, 6) is -1.22. The second-order valence-corrected chi connectivity index (χ2v) is 6.66. The highest BCUT2D eigenvalue weighted by atomic mass is 32.2. The summed E-state index contributed by atoms with van der Waals surface area (Å²) in [6, 6.07) is 7.59. The number of nitrogens with zero attached hydrogens (tertiary/aromatic N) is 1. The van der Waals surface area contributed by atoms with Crippen molar-refractivity contribution in [3.05, 3.63) is 48.0 Å². The third kappa shape index (κ3) is 2.84. The Morgan fingerprint density at radius 2 is 2.04 bits per heavy atom. The van der Waals surface area contributed by atoms with Crippen LogP contribution in [0.2, 0.25) is 0 Å². The van der Waals surface area contributed by atoms with E-state index in [1.54, 1.807) is 0 Å². The van der Waals surface area contributed by atoms with Crippen molar-refractivity contribution in [3.8, 4) is 0 Å². The van der Waals surface area contributed by atoms with Crippen LogP contribution < -0.4 is 5.32 Å². The second-order valence-electron chi connectivity index (χ2n) is 5.55. The average Bonchev–Trinajstić information content (AvgIpc) is 2.53. The zero-order chi connectivity index (χ0) is 16.6. The van der Waals surface area contributed by atoms with Crippen LogP contribution in [0.1, 0.15) is 5.56 Å². The van der Waals surface area contributed by atoms with E-state index in [0.29, 0.717) is 11.3 Å². The molecular weight excluding hydrogens is 316 g/mol. The second kappa shape index (κ2) is 6.08. The Hall–Kier alpha value is -2.28. The Kier molecular flexibility index (Phi) is 4.12. The molecule has 0 aromatic heterocycles. The van der Waals surface area contributed by atoms with Crippen molar-refractivity contribution in [3.63, 3.8) is 0 Å². The molecule has 0 bridgehead atoms. The van der Waals surface area contributed by atoms with E-state index in [1.807, 2.05) is 30.3 Å². The number of hydrogen-bond acceptors (Lipinski definition) is 4. The molecular formula is C16H16N2O4S. The number of benzene rings is 1. The molecule has 0 radical (unpaired) electrons. The first-order valence-electron chi connectivity index (χ1n) is 7.16. The summed E-state index contributed by atoms with van der Waals surface area (Å²) in [6.45, 7) is 3.73. The molecule has 0 saturated carbocycles. The van der Waals surface area contributed by atoms with Crippen LogP contribution in [0.15, 0.2) is 42.5 Å². The summed E-state index contributed by atoms with van der Waals surface area (Å²) >= 11 is 1.43. The number of β-lactam (4-membered cyclic amide) rings is 1. The number of amides is 2. The van der Waals surface area contributed by atoms with Gasteiger partial charge in [0.15, 0.2) is 6.04 Å². The van der Waals surface area contributed by atoms with Crippen molar-refractivity contribution >= 4 is 29.5 Å². The van der Waals surface area contributed by atoms with Crippen LogP contribution in [-0.4, -0.2) is 51.0 Å². The van der Waals surface area contributed by atoms with E-state index in [0.717, 1.165) is 5.56 Å². The lowest BCUT2D eigenvalue weighted by Gasteiger charge is -2.52. The Labute approximate surface area is 137 Å². The zero-order valence-corrected chi connectivity index (χ0v) is 13.1. The molecule has 2 amide bonds. The SMILES string of the molecule is C=C1CS[C@@H]2C(NC(=O)Cc3ccccc3)C(=O)N2C1C(=O)O. The first-order valence-corrected chi connectivity index (χ1v) is 8.21. The number of carbonyl (C=O) groups is 3. The van der Waals surface area contributed by atoms with Gasteiger partial charge >= 0.3 is 5.97 Å². The molecule has 3 rings (SSSR count). The van der Waals surface area contributed by atoms with Crippen molar-refractivity contribution in [1.29, 1.82) is 0 Å². The van der Waals surface area contributed by atoms with E-state index >= 15 is 0 Å². The number of fused-ring (bicyclic) bond motifs is 1. The number of thioether (sulfide) groups is 1. The molecule has 7 heteroatoms. The molecule has 1 aromatic carbocycles. The normalized spacial score (nSPS) is 26.3. The van der Waals surface area contributed by atoms with E-state index in [2.05, 4.69) is 11.9 Å². The van der Waals surface area contributed by atoms with E-state index in [4.69, 9.17) is 0 Å². The van der Waals surface area contributed by atoms with E-state index < -0.39 is 18.1 Å². The number of carboxylic acid groups (broad SMARTS) is 1. The number of aliphatic carboxylic acids is 1. The van der Waals surface area contributed by atoms with Crippen LogP contribution in [-0.2, 0) is 20.8 Å². The molecule has 2 aliphatic rings. The fourth-order valence-corrected chi connectivity index (χ4v) is 4.14. The third-order valence-corrected chi connectivity index (χ3v) is 5.32. The van der Waals surface area contributed by atoms with Gasteiger partial charge in [-0.25, -0.2) is 4.79 Å². The molecule has 23 heavy (non-hydrogen) atoms. The summed E-state index contributed by atoms with van der Waals surface area (Å²) < 4.78 is 0. The van der Waals surface area contributed by atoms with Gasteiger partial charge in [-0.05, 0) is 11.1 Å². The van der Waals surface area contributed by atoms with Gasteiger partial charge in [0.05, 0.1) is 6.42 Å². The molecule has 2 aliphatic heterocycles. The minimum absolute atomic E-state index is 0.192. The maximum atomic E-state index is 12.2. The predicted molar refractivity (Wildman–Crippen MR) is 85.7 cm³/mol. The third-order valence-electron chi connectivity index (χ3n) is 3.94. The first-order chi connectivity index (χ1) is 11.0. The lowest BCUT2D eigenvalue weighted by Crippen LogP contribution is -2.74. The van der Waals surface area contributed by atoms with E-state index in [9.17, 15) is 19.5 Å². The van der Waals surface area contributed by atoms with Gasteiger partial charge in [0.1, 0.15) is 11.4 Å². The van der Waals surface area contributed by atoms with Crippen LogP contribution in [0.3, 0.4) is 0 Å². The monoisotopic (exact) mass is 332 g/mol.